The molecular formula is C8H10F2N2OS2. The van der Waals surface area contributed by atoms with Gasteiger partial charge in [-0.3, -0.25) is 4.79 Å². The predicted molar refractivity (Wildman–Crippen MR) is 57.6 cm³/mol. The second-order valence-electron chi connectivity index (χ2n) is 2.54. The van der Waals surface area contributed by atoms with Crippen LogP contribution in [0.1, 0.15) is 9.67 Å². The minimum atomic E-state index is -2.51. The maximum atomic E-state index is 12.1. The summed E-state index contributed by atoms with van der Waals surface area (Å²) in [5.41, 5.74) is 5.21. The average molecular weight is 252 g/mol. The first-order valence-electron chi connectivity index (χ1n) is 4.15. The SMILES string of the molecule is NCCNC(=O)c1sccc1SC(F)F. The van der Waals surface area contributed by atoms with E-state index in [1.165, 1.54) is 6.07 Å². The van der Waals surface area contributed by atoms with Crippen LogP contribution < -0.4 is 11.1 Å². The van der Waals surface area contributed by atoms with Crippen LogP contribution in [-0.2, 0) is 0 Å². The maximum absolute atomic E-state index is 12.1. The van der Waals surface area contributed by atoms with Crippen molar-refractivity contribution in [1.82, 2.24) is 5.32 Å². The summed E-state index contributed by atoms with van der Waals surface area (Å²) in [6, 6.07) is 1.51. The van der Waals surface area contributed by atoms with Crippen molar-refractivity contribution in [1.29, 1.82) is 0 Å². The van der Waals surface area contributed by atoms with Crippen LogP contribution in [0.5, 0.6) is 0 Å². The van der Waals surface area contributed by atoms with Crippen LogP contribution in [0.3, 0.4) is 0 Å². The molecule has 0 saturated heterocycles. The molecule has 84 valence electrons. The summed E-state index contributed by atoms with van der Waals surface area (Å²) in [4.78, 5) is 12.1. The minimum Gasteiger partial charge on any atom is -0.350 e. The van der Waals surface area contributed by atoms with Crippen molar-refractivity contribution in [2.45, 2.75) is 10.7 Å². The molecule has 1 aromatic heterocycles. The fourth-order valence-electron chi connectivity index (χ4n) is 0.918. The summed E-state index contributed by atoms with van der Waals surface area (Å²) in [6.45, 7) is 0.671. The van der Waals surface area contributed by atoms with Gasteiger partial charge in [-0.05, 0) is 11.4 Å². The van der Waals surface area contributed by atoms with Crippen LogP contribution in [0, 0.1) is 0 Å². The Kier molecular flexibility index (Phi) is 5.00. The lowest BCUT2D eigenvalue weighted by molar-refractivity contribution is 0.0956. The molecule has 15 heavy (non-hydrogen) atoms. The molecule has 0 saturated carbocycles. The van der Waals surface area contributed by atoms with Crippen molar-refractivity contribution in [3.63, 3.8) is 0 Å². The molecule has 0 fully saturated rings. The number of alkyl halides is 2. The number of rotatable bonds is 5. The Morgan fingerprint density at radius 3 is 3.00 bits per heavy atom. The molecule has 0 aromatic carbocycles. The van der Waals surface area contributed by atoms with Gasteiger partial charge in [0.2, 0.25) is 0 Å². The Hall–Kier alpha value is -0.660. The monoisotopic (exact) mass is 252 g/mol. The van der Waals surface area contributed by atoms with Crippen LogP contribution in [0.2, 0.25) is 0 Å². The lowest BCUT2D eigenvalue weighted by Crippen LogP contribution is -2.28. The standard InChI is InChI=1S/C8H10F2N2OS2/c9-8(10)15-5-1-4-14-6(5)7(13)12-3-2-11/h1,4,8H,2-3,11H2,(H,12,13). The smallest absolute Gasteiger partial charge is 0.288 e. The van der Waals surface area contributed by atoms with Crippen molar-refractivity contribution in [2.75, 3.05) is 13.1 Å². The zero-order chi connectivity index (χ0) is 11.3. The lowest BCUT2D eigenvalue weighted by Gasteiger charge is -2.03. The van der Waals surface area contributed by atoms with Gasteiger partial charge >= 0.3 is 0 Å². The fraction of sp³-hybridized carbons (Fsp3) is 0.375. The summed E-state index contributed by atoms with van der Waals surface area (Å²) >= 11 is 1.52. The van der Waals surface area contributed by atoms with E-state index in [1.54, 1.807) is 5.38 Å². The van der Waals surface area contributed by atoms with Gasteiger partial charge in [0.05, 0.1) is 0 Å². The first kappa shape index (κ1) is 12.4. The van der Waals surface area contributed by atoms with Crippen molar-refractivity contribution < 1.29 is 13.6 Å². The van der Waals surface area contributed by atoms with Crippen LogP contribution in [0.15, 0.2) is 16.3 Å². The Labute approximate surface area is 94.0 Å². The summed E-state index contributed by atoms with van der Waals surface area (Å²) in [6.07, 6.45) is 0. The summed E-state index contributed by atoms with van der Waals surface area (Å²) in [5.74, 6) is -2.86. The molecule has 0 aliphatic carbocycles. The van der Waals surface area contributed by atoms with Gasteiger partial charge in [-0.2, -0.15) is 8.78 Å². The van der Waals surface area contributed by atoms with Gasteiger partial charge in [0.25, 0.3) is 11.7 Å². The van der Waals surface area contributed by atoms with Gasteiger partial charge in [0.1, 0.15) is 4.88 Å². The second-order valence-corrected chi connectivity index (χ2v) is 4.49. The molecule has 1 heterocycles. The minimum absolute atomic E-state index is 0.310. The van der Waals surface area contributed by atoms with Crippen molar-refractivity contribution in [2.24, 2.45) is 5.73 Å². The third-order valence-corrected chi connectivity index (χ3v) is 3.30. The van der Waals surface area contributed by atoms with Crippen molar-refractivity contribution in [3.8, 4) is 0 Å². The maximum Gasteiger partial charge on any atom is 0.288 e. The number of thioether (sulfide) groups is 1. The summed E-state index contributed by atoms with van der Waals surface area (Å²) in [7, 11) is 0. The summed E-state index contributed by atoms with van der Waals surface area (Å²) in [5, 5.41) is 4.15. The first-order chi connectivity index (χ1) is 7.15. The molecule has 0 unspecified atom stereocenters. The molecule has 3 N–H and O–H groups in total. The fourth-order valence-corrected chi connectivity index (χ4v) is 2.53. The number of halogens is 2. The third-order valence-electron chi connectivity index (χ3n) is 1.48. The van der Waals surface area contributed by atoms with Crippen LogP contribution in [0.4, 0.5) is 8.78 Å². The number of thiophene rings is 1. The number of hydrogen-bond donors (Lipinski definition) is 2. The molecule has 0 bridgehead atoms. The van der Waals surface area contributed by atoms with E-state index in [9.17, 15) is 13.6 Å². The highest BCUT2D eigenvalue weighted by Crippen LogP contribution is 2.31. The molecule has 0 aliphatic heterocycles. The van der Waals surface area contributed by atoms with E-state index in [2.05, 4.69) is 5.32 Å². The predicted octanol–water partition coefficient (Wildman–Crippen LogP) is 1.75. The second kappa shape index (κ2) is 6.04. The van der Waals surface area contributed by atoms with E-state index >= 15 is 0 Å². The van der Waals surface area contributed by atoms with Gasteiger partial charge in [-0.25, -0.2) is 0 Å². The number of carbonyl (C=O) groups is 1. The summed E-state index contributed by atoms with van der Waals surface area (Å²) < 4.78 is 24.2. The molecular weight excluding hydrogens is 242 g/mol. The molecule has 0 radical (unpaired) electrons. The van der Waals surface area contributed by atoms with Gasteiger partial charge in [-0.1, -0.05) is 11.8 Å². The molecule has 1 amide bonds. The Morgan fingerprint density at radius 1 is 1.67 bits per heavy atom. The highest BCUT2D eigenvalue weighted by molar-refractivity contribution is 7.99. The number of nitrogens with one attached hydrogen (secondary N) is 1. The molecule has 1 rings (SSSR count). The van der Waals surface area contributed by atoms with E-state index in [1.807, 2.05) is 0 Å². The number of carbonyl (C=O) groups excluding carboxylic acids is 1. The molecule has 7 heteroatoms. The first-order valence-corrected chi connectivity index (χ1v) is 5.91. The van der Waals surface area contributed by atoms with Gasteiger partial charge in [-0.15, -0.1) is 11.3 Å². The van der Waals surface area contributed by atoms with Crippen LogP contribution in [-0.4, -0.2) is 24.8 Å². The zero-order valence-electron chi connectivity index (χ0n) is 7.70. The van der Waals surface area contributed by atoms with Gasteiger partial charge in [0, 0.05) is 18.0 Å². The largest absolute Gasteiger partial charge is 0.350 e. The van der Waals surface area contributed by atoms with E-state index in [0.29, 0.717) is 34.6 Å². The third kappa shape index (κ3) is 3.77. The van der Waals surface area contributed by atoms with Crippen LogP contribution in [0.25, 0.3) is 0 Å². The van der Waals surface area contributed by atoms with E-state index in [-0.39, 0.29) is 5.91 Å². The van der Waals surface area contributed by atoms with Gasteiger partial charge in [0.15, 0.2) is 0 Å². The molecule has 1 aromatic rings. The van der Waals surface area contributed by atoms with E-state index in [4.69, 9.17) is 5.73 Å². The topological polar surface area (TPSA) is 55.1 Å². The molecule has 3 nitrogen and oxygen atoms in total. The lowest BCUT2D eigenvalue weighted by atomic mass is 10.4. The number of amides is 1. The Balaban J connectivity index is 2.67. The van der Waals surface area contributed by atoms with E-state index in [0.717, 1.165) is 11.3 Å². The highest BCUT2D eigenvalue weighted by atomic mass is 32.2. The molecule has 0 atom stereocenters. The molecule has 0 spiro atoms. The Morgan fingerprint density at radius 2 is 2.40 bits per heavy atom. The van der Waals surface area contributed by atoms with Gasteiger partial charge < -0.3 is 11.1 Å². The number of nitrogens with two attached hydrogens (primary N) is 1. The van der Waals surface area contributed by atoms with Crippen LogP contribution >= 0.6 is 23.1 Å². The quantitative estimate of drug-likeness (QED) is 0.785. The number of hydrogen-bond acceptors (Lipinski definition) is 4. The van der Waals surface area contributed by atoms with Crippen molar-refractivity contribution in [3.05, 3.63) is 16.3 Å². The highest BCUT2D eigenvalue weighted by Gasteiger charge is 2.16. The average Bonchev–Trinajstić information content (AvgIpc) is 2.61. The zero-order valence-corrected chi connectivity index (χ0v) is 9.34. The Bertz CT molecular complexity index is 330. The van der Waals surface area contributed by atoms with E-state index < -0.39 is 5.76 Å². The normalized spacial score (nSPS) is 10.7. The molecule has 0 aliphatic rings. The van der Waals surface area contributed by atoms with Crippen molar-refractivity contribution >= 4 is 29.0 Å².